The van der Waals surface area contributed by atoms with Crippen LogP contribution in [-0.2, 0) is 21.0 Å². The van der Waals surface area contributed by atoms with Crippen LogP contribution in [0.1, 0.15) is 5.56 Å². The minimum Gasteiger partial charge on any atom is -0.347 e. The van der Waals surface area contributed by atoms with E-state index in [1.165, 1.54) is 4.90 Å². The zero-order valence-electron chi connectivity index (χ0n) is 10.8. The van der Waals surface area contributed by atoms with E-state index in [-0.39, 0.29) is 19.1 Å². The average Bonchev–Trinajstić information content (AvgIpc) is 2.96. The van der Waals surface area contributed by atoms with E-state index in [0.29, 0.717) is 17.8 Å². The van der Waals surface area contributed by atoms with E-state index in [0.717, 1.165) is 0 Å². The molecular weight excluding hydrogens is 265 g/mol. The number of amides is 2. The Labute approximate surface area is 115 Å². The molecule has 7 heteroatoms. The smallest absolute Gasteiger partial charge is 0.274 e. The summed E-state index contributed by atoms with van der Waals surface area (Å²) < 4.78 is 18.0. The van der Waals surface area contributed by atoms with E-state index >= 15 is 0 Å². The van der Waals surface area contributed by atoms with Gasteiger partial charge in [-0.15, -0.1) is 0 Å². The Morgan fingerprint density at radius 1 is 1.45 bits per heavy atom. The van der Waals surface area contributed by atoms with E-state index in [1.54, 1.807) is 24.3 Å². The van der Waals surface area contributed by atoms with Crippen molar-refractivity contribution in [2.45, 2.75) is 12.9 Å². The lowest BCUT2D eigenvalue weighted by Gasteiger charge is -2.22. The first kappa shape index (κ1) is 14.4. The second-order valence-corrected chi connectivity index (χ2v) is 4.29. The summed E-state index contributed by atoms with van der Waals surface area (Å²) in [5.41, 5.74) is 6.03. The Kier molecular flexibility index (Phi) is 4.65. The number of hydrogen-bond acceptors (Lipinski definition) is 4. The molecule has 1 atom stereocenters. The van der Waals surface area contributed by atoms with Crippen molar-refractivity contribution in [3.8, 4) is 0 Å². The number of carbonyl (C=O) groups is 2. The lowest BCUT2D eigenvalue weighted by atomic mass is 10.2. The Morgan fingerprint density at radius 3 is 2.90 bits per heavy atom. The molecule has 108 valence electrons. The molecule has 1 aliphatic rings. The largest absolute Gasteiger partial charge is 0.347 e. The van der Waals surface area contributed by atoms with Crippen LogP contribution in [0.2, 0.25) is 0 Å². The second kappa shape index (κ2) is 6.44. The highest BCUT2D eigenvalue weighted by Crippen LogP contribution is 2.18. The topological polar surface area (TPSA) is 84.7 Å². The SMILES string of the molecule is NCC(=O)N1CCO[C@H]1C(=O)Nc1ccccc1CF. The molecule has 3 N–H and O–H groups in total. The first-order valence-electron chi connectivity index (χ1n) is 6.23. The van der Waals surface area contributed by atoms with Crippen LogP contribution < -0.4 is 11.1 Å². The van der Waals surface area contributed by atoms with Crippen molar-refractivity contribution in [3.05, 3.63) is 29.8 Å². The lowest BCUT2D eigenvalue weighted by molar-refractivity contribution is -0.143. The maximum absolute atomic E-state index is 12.8. The molecule has 1 saturated heterocycles. The molecule has 0 aromatic heterocycles. The van der Waals surface area contributed by atoms with Gasteiger partial charge in [0.25, 0.3) is 5.91 Å². The van der Waals surface area contributed by atoms with Crippen LogP contribution in [0.4, 0.5) is 10.1 Å². The number of rotatable bonds is 4. The number of para-hydroxylation sites is 1. The molecule has 20 heavy (non-hydrogen) atoms. The molecule has 2 rings (SSSR count). The number of nitrogens with two attached hydrogens (primary N) is 1. The fourth-order valence-electron chi connectivity index (χ4n) is 2.01. The zero-order valence-corrected chi connectivity index (χ0v) is 10.8. The Balaban J connectivity index is 2.09. The molecule has 1 heterocycles. The molecule has 0 aliphatic carbocycles. The first-order chi connectivity index (χ1) is 9.67. The third kappa shape index (κ3) is 2.94. The molecule has 2 amide bonds. The predicted octanol–water partition coefficient (Wildman–Crippen LogP) is 0.238. The van der Waals surface area contributed by atoms with Gasteiger partial charge in [-0.2, -0.15) is 0 Å². The molecule has 0 saturated carbocycles. The first-order valence-corrected chi connectivity index (χ1v) is 6.23. The summed E-state index contributed by atoms with van der Waals surface area (Å²) in [5, 5.41) is 2.57. The third-order valence-electron chi connectivity index (χ3n) is 3.03. The minimum absolute atomic E-state index is 0.186. The van der Waals surface area contributed by atoms with Gasteiger partial charge in [-0.25, -0.2) is 4.39 Å². The molecule has 1 fully saturated rings. The molecule has 0 spiro atoms. The molecular formula is C13H16FN3O3. The van der Waals surface area contributed by atoms with Gasteiger partial charge in [-0.3, -0.25) is 9.59 Å². The van der Waals surface area contributed by atoms with Crippen molar-refractivity contribution in [2.24, 2.45) is 5.73 Å². The summed E-state index contributed by atoms with van der Waals surface area (Å²) in [6.07, 6.45) is -1.02. The average molecular weight is 281 g/mol. The zero-order chi connectivity index (χ0) is 14.5. The predicted molar refractivity (Wildman–Crippen MR) is 70.4 cm³/mol. The highest BCUT2D eigenvalue weighted by molar-refractivity contribution is 5.97. The number of carbonyl (C=O) groups excluding carboxylic acids is 2. The fourth-order valence-corrected chi connectivity index (χ4v) is 2.01. The Bertz CT molecular complexity index is 509. The maximum atomic E-state index is 12.8. The van der Waals surface area contributed by atoms with Crippen LogP contribution in [0.5, 0.6) is 0 Å². The molecule has 0 radical (unpaired) electrons. The van der Waals surface area contributed by atoms with Crippen LogP contribution in [0.25, 0.3) is 0 Å². The Morgan fingerprint density at radius 2 is 2.20 bits per heavy atom. The Hall–Kier alpha value is -1.99. The van der Waals surface area contributed by atoms with Gasteiger partial charge >= 0.3 is 0 Å². The number of nitrogens with one attached hydrogen (secondary N) is 1. The number of nitrogens with zero attached hydrogens (tertiary/aromatic N) is 1. The standard InChI is InChI=1S/C13H16FN3O3/c14-7-9-3-1-2-4-10(9)16-12(19)13-17(5-6-20-13)11(18)8-15/h1-4,13H,5-8,15H2,(H,16,19)/t13-/m0/s1. The van der Waals surface area contributed by atoms with Crippen LogP contribution in [-0.4, -0.2) is 42.6 Å². The molecule has 0 bridgehead atoms. The van der Waals surface area contributed by atoms with Crippen LogP contribution >= 0.6 is 0 Å². The molecule has 0 unspecified atom stereocenters. The highest BCUT2D eigenvalue weighted by Gasteiger charge is 2.34. The van der Waals surface area contributed by atoms with Gasteiger partial charge in [0.05, 0.1) is 13.2 Å². The molecule has 6 nitrogen and oxygen atoms in total. The van der Waals surface area contributed by atoms with Crippen molar-refractivity contribution in [1.29, 1.82) is 0 Å². The summed E-state index contributed by atoms with van der Waals surface area (Å²) in [6.45, 7) is -0.283. The van der Waals surface area contributed by atoms with Crippen LogP contribution in [0.15, 0.2) is 24.3 Å². The summed E-state index contributed by atoms with van der Waals surface area (Å²) in [7, 11) is 0. The van der Waals surface area contributed by atoms with E-state index in [1.807, 2.05) is 0 Å². The minimum atomic E-state index is -1.02. The van der Waals surface area contributed by atoms with Gasteiger partial charge in [0, 0.05) is 17.8 Å². The van der Waals surface area contributed by atoms with Gasteiger partial charge in [0.1, 0.15) is 6.67 Å². The number of hydrogen-bond donors (Lipinski definition) is 2. The van der Waals surface area contributed by atoms with E-state index in [2.05, 4.69) is 5.32 Å². The number of alkyl halides is 1. The molecule has 1 aromatic carbocycles. The monoisotopic (exact) mass is 281 g/mol. The van der Waals surface area contributed by atoms with Crippen LogP contribution in [0, 0.1) is 0 Å². The third-order valence-corrected chi connectivity index (χ3v) is 3.03. The normalized spacial score (nSPS) is 18.1. The van der Waals surface area contributed by atoms with Gasteiger partial charge in [0.15, 0.2) is 0 Å². The van der Waals surface area contributed by atoms with Crippen molar-refractivity contribution in [3.63, 3.8) is 0 Å². The van der Waals surface area contributed by atoms with Gasteiger partial charge < -0.3 is 20.7 Å². The van der Waals surface area contributed by atoms with Crippen molar-refractivity contribution in [2.75, 3.05) is 25.0 Å². The number of halogens is 1. The van der Waals surface area contributed by atoms with Gasteiger partial charge in [0.2, 0.25) is 12.1 Å². The van der Waals surface area contributed by atoms with E-state index < -0.39 is 18.8 Å². The van der Waals surface area contributed by atoms with Crippen molar-refractivity contribution in [1.82, 2.24) is 4.90 Å². The lowest BCUT2D eigenvalue weighted by Crippen LogP contribution is -2.46. The molecule has 1 aromatic rings. The van der Waals surface area contributed by atoms with Gasteiger partial charge in [-0.1, -0.05) is 18.2 Å². The second-order valence-electron chi connectivity index (χ2n) is 4.29. The quantitative estimate of drug-likeness (QED) is 0.828. The number of benzene rings is 1. The highest BCUT2D eigenvalue weighted by atomic mass is 19.1. The van der Waals surface area contributed by atoms with Gasteiger partial charge in [-0.05, 0) is 6.07 Å². The maximum Gasteiger partial charge on any atom is 0.274 e. The molecule has 1 aliphatic heterocycles. The van der Waals surface area contributed by atoms with Crippen molar-refractivity contribution < 1.29 is 18.7 Å². The fraction of sp³-hybridized carbons (Fsp3) is 0.385. The van der Waals surface area contributed by atoms with Crippen LogP contribution in [0.3, 0.4) is 0 Å². The van der Waals surface area contributed by atoms with Crippen molar-refractivity contribution >= 4 is 17.5 Å². The summed E-state index contributed by atoms with van der Waals surface area (Å²) >= 11 is 0. The van der Waals surface area contributed by atoms with E-state index in [4.69, 9.17) is 10.5 Å². The number of anilines is 1. The summed E-state index contributed by atoms with van der Waals surface area (Å²) in [5.74, 6) is -0.869. The van der Waals surface area contributed by atoms with E-state index in [9.17, 15) is 14.0 Å². The summed E-state index contributed by atoms with van der Waals surface area (Å²) in [6, 6.07) is 6.54. The number of ether oxygens (including phenoxy) is 1. The summed E-state index contributed by atoms with van der Waals surface area (Å²) in [4.78, 5) is 25.0.